The maximum absolute atomic E-state index is 12.5. The molecule has 1 aromatic carbocycles. The molecule has 0 fully saturated rings. The fourth-order valence-electron chi connectivity index (χ4n) is 2.31. The van der Waals surface area contributed by atoms with Crippen LogP contribution in [0, 0.1) is 0 Å². The Morgan fingerprint density at radius 3 is 2.36 bits per heavy atom. The van der Waals surface area contributed by atoms with Gasteiger partial charge in [-0.15, -0.1) is 22.7 Å². The van der Waals surface area contributed by atoms with Crippen molar-refractivity contribution in [1.29, 1.82) is 0 Å². The summed E-state index contributed by atoms with van der Waals surface area (Å²) in [5.74, 6) is 0. The van der Waals surface area contributed by atoms with E-state index in [2.05, 4.69) is 23.6 Å². The smallest absolute Gasteiger partial charge is 0.241 e. The van der Waals surface area contributed by atoms with E-state index in [1.807, 2.05) is 35.0 Å². The molecule has 0 aliphatic heterocycles. The molecule has 1 N–H and O–H groups in total. The number of thiazole rings is 1. The molecule has 7 heteroatoms. The van der Waals surface area contributed by atoms with Gasteiger partial charge in [0, 0.05) is 22.9 Å². The van der Waals surface area contributed by atoms with Crippen molar-refractivity contribution in [2.24, 2.45) is 0 Å². The number of hydrogen-bond acceptors (Lipinski definition) is 5. The third kappa shape index (κ3) is 4.36. The summed E-state index contributed by atoms with van der Waals surface area (Å²) < 4.78 is 28.0. The lowest BCUT2D eigenvalue weighted by Gasteiger charge is -2.05. The summed E-state index contributed by atoms with van der Waals surface area (Å²) in [6.45, 7) is 4.44. The van der Waals surface area contributed by atoms with E-state index in [-0.39, 0.29) is 6.54 Å². The minimum absolute atomic E-state index is 0.288. The number of sulfonamides is 1. The van der Waals surface area contributed by atoms with Gasteiger partial charge >= 0.3 is 0 Å². The summed E-state index contributed by atoms with van der Waals surface area (Å²) in [5, 5.41) is 4.73. The molecule has 0 bridgehead atoms. The first-order chi connectivity index (χ1) is 12.0. The van der Waals surface area contributed by atoms with Gasteiger partial charge in [-0.25, -0.2) is 18.1 Å². The molecule has 2 aromatic heterocycles. The molecule has 132 valence electrons. The average molecular weight is 393 g/mol. The molecular weight excluding hydrogens is 372 g/mol. The SMILES string of the molecule is CCc1ccc(CNS(=O)(=O)c2cc(-c3nc(CC)cs3)cs2)cc1. The molecule has 0 aliphatic rings. The number of benzene rings is 1. The summed E-state index contributed by atoms with van der Waals surface area (Å²) in [6, 6.07) is 9.68. The van der Waals surface area contributed by atoms with Gasteiger partial charge in [0.05, 0.1) is 5.69 Å². The Labute approximate surface area is 156 Å². The highest BCUT2D eigenvalue weighted by atomic mass is 32.2. The van der Waals surface area contributed by atoms with Crippen LogP contribution in [0.15, 0.2) is 45.3 Å². The van der Waals surface area contributed by atoms with Crippen LogP contribution in [0.25, 0.3) is 10.6 Å². The van der Waals surface area contributed by atoms with Crippen molar-refractivity contribution in [2.45, 2.75) is 37.4 Å². The van der Waals surface area contributed by atoms with Crippen molar-refractivity contribution >= 4 is 32.7 Å². The van der Waals surface area contributed by atoms with Crippen LogP contribution in [0.2, 0.25) is 0 Å². The minimum atomic E-state index is -3.51. The zero-order chi connectivity index (χ0) is 17.9. The lowest BCUT2D eigenvalue weighted by Crippen LogP contribution is -2.22. The Bertz CT molecular complexity index is 941. The molecule has 25 heavy (non-hydrogen) atoms. The summed E-state index contributed by atoms with van der Waals surface area (Å²) in [5.41, 5.74) is 4.08. The zero-order valence-corrected chi connectivity index (χ0v) is 16.6. The second-order valence-electron chi connectivity index (χ2n) is 5.65. The number of thiophene rings is 1. The first kappa shape index (κ1) is 18.3. The third-order valence-corrected chi connectivity index (χ3v) is 7.68. The Balaban J connectivity index is 1.71. The van der Waals surface area contributed by atoms with Gasteiger partial charge in [-0.3, -0.25) is 0 Å². The van der Waals surface area contributed by atoms with Gasteiger partial charge < -0.3 is 0 Å². The van der Waals surface area contributed by atoms with Crippen molar-refractivity contribution in [3.8, 4) is 10.6 Å². The highest BCUT2D eigenvalue weighted by Crippen LogP contribution is 2.30. The van der Waals surface area contributed by atoms with E-state index >= 15 is 0 Å². The predicted octanol–water partition coefficient (Wildman–Crippen LogP) is 4.47. The number of rotatable bonds is 7. The molecule has 0 spiro atoms. The second kappa shape index (κ2) is 7.78. The standard InChI is InChI=1S/C18H20N2O2S3/c1-3-13-5-7-14(8-6-13)10-19-25(21,22)17-9-15(11-23-17)18-20-16(4-2)12-24-18/h5-9,11-12,19H,3-4,10H2,1-2H3. The molecule has 2 heterocycles. The van der Waals surface area contributed by atoms with Gasteiger partial charge in [-0.1, -0.05) is 38.1 Å². The van der Waals surface area contributed by atoms with Crippen LogP contribution in [0.4, 0.5) is 0 Å². The van der Waals surface area contributed by atoms with E-state index in [0.29, 0.717) is 4.21 Å². The molecule has 0 radical (unpaired) electrons. The normalized spacial score (nSPS) is 11.8. The fourth-order valence-corrected chi connectivity index (χ4v) is 5.51. The van der Waals surface area contributed by atoms with Gasteiger partial charge in [-0.05, 0) is 30.0 Å². The monoisotopic (exact) mass is 392 g/mol. The topological polar surface area (TPSA) is 59.1 Å². The molecule has 0 aliphatic carbocycles. The van der Waals surface area contributed by atoms with E-state index in [1.54, 1.807) is 17.4 Å². The average Bonchev–Trinajstić information content (AvgIpc) is 3.29. The summed E-state index contributed by atoms with van der Waals surface area (Å²) in [6.07, 6.45) is 1.85. The largest absolute Gasteiger partial charge is 0.250 e. The van der Waals surface area contributed by atoms with Gasteiger partial charge in [0.2, 0.25) is 10.0 Å². The van der Waals surface area contributed by atoms with Gasteiger partial charge in [0.25, 0.3) is 0 Å². The maximum Gasteiger partial charge on any atom is 0.250 e. The van der Waals surface area contributed by atoms with Crippen LogP contribution in [0.1, 0.15) is 30.7 Å². The molecule has 0 saturated carbocycles. The highest BCUT2D eigenvalue weighted by molar-refractivity contribution is 7.91. The molecule has 4 nitrogen and oxygen atoms in total. The number of nitrogens with one attached hydrogen (secondary N) is 1. The van der Waals surface area contributed by atoms with E-state index < -0.39 is 10.0 Å². The van der Waals surface area contributed by atoms with Crippen LogP contribution in [0.3, 0.4) is 0 Å². The van der Waals surface area contributed by atoms with Crippen molar-refractivity contribution in [1.82, 2.24) is 9.71 Å². The van der Waals surface area contributed by atoms with Gasteiger partial charge in [0.1, 0.15) is 9.22 Å². The fraction of sp³-hybridized carbons (Fsp3) is 0.278. The van der Waals surface area contributed by atoms with Gasteiger partial charge in [0.15, 0.2) is 0 Å². The molecule has 3 rings (SSSR count). The third-order valence-electron chi connectivity index (χ3n) is 3.90. The Morgan fingerprint density at radius 2 is 1.72 bits per heavy atom. The molecule has 0 unspecified atom stereocenters. The molecule has 0 saturated heterocycles. The Kier molecular flexibility index (Phi) is 5.68. The highest BCUT2D eigenvalue weighted by Gasteiger charge is 2.18. The van der Waals surface area contributed by atoms with Crippen LogP contribution in [0.5, 0.6) is 0 Å². The number of nitrogens with zero attached hydrogens (tertiary/aromatic N) is 1. The van der Waals surface area contributed by atoms with E-state index in [1.165, 1.54) is 16.9 Å². The van der Waals surface area contributed by atoms with Crippen LogP contribution in [-0.2, 0) is 29.4 Å². The lowest BCUT2D eigenvalue weighted by atomic mass is 10.1. The Morgan fingerprint density at radius 1 is 1.00 bits per heavy atom. The van der Waals surface area contributed by atoms with Crippen LogP contribution in [-0.4, -0.2) is 13.4 Å². The number of aryl methyl sites for hydroxylation is 2. The first-order valence-electron chi connectivity index (χ1n) is 8.12. The van der Waals surface area contributed by atoms with E-state index in [0.717, 1.165) is 34.7 Å². The lowest BCUT2D eigenvalue weighted by molar-refractivity contribution is 0.583. The van der Waals surface area contributed by atoms with E-state index in [4.69, 9.17) is 0 Å². The first-order valence-corrected chi connectivity index (χ1v) is 11.4. The molecule has 3 aromatic rings. The minimum Gasteiger partial charge on any atom is -0.241 e. The summed E-state index contributed by atoms with van der Waals surface area (Å²) in [4.78, 5) is 4.51. The van der Waals surface area contributed by atoms with Crippen LogP contribution >= 0.6 is 22.7 Å². The van der Waals surface area contributed by atoms with Crippen molar-refractivity contribution < 1.29 is 8.42 Å². The van der Waals surface area contributed by atoms with E-state index in [9.17, 15) is 8.42 Å². The van der Waals surface area contributed by atoms with Crippen molar-refractivity contribution in [3.63, 3.8) is 0 Å². The second-order valence-corrected chi connectivity index (χ2v) is 9.41. The van der Waals surface area contributed by atoms with Crippen molar-refractivity contribution in [3.05, 3.63) is 57.9 Å². The number of aromatic nitrogens is 1. The summed E-state index contributed by atoms with van der Waals surface area (Å²) in [7, 11) is -3.51. The quantitative estimate of drug-likeness (QED) is 0.645. The number of hydrogen-bond donors (Lipinski definition) is 1. The maximum atomic E-state index is 12.5. The Hall–Kier alpha value is -1.54. The molecular formula is C18H20N2O2S3. The molecule has 0 amide bonds. The predicted molar refractivity (Wildman–Crippen MR) is 105 cm³/mol. The van der Waals surface area contributed by atoms with Crippen molar-refractivity contribution in [2.75, 3.05) is 0 Å². The van der Waals surface area contributed by atoms with Crippen LogP contribution < -0.4 is 4.72 Å². The summed E-state index contributed by atoms with van der Waals surface area (Å²) >= 11 is 2.77. The molecule has 0 atom stereocenters. The zero-order valence-electron chi connectivity index (χ0n) is 14.2. The van der Waals surface area contributed by atoms with Gasteiger partial charge in [-0.2, -0.15) is 0 Å².